The molecule has 0 saturated heterocycles. The molecule has 3 rings (SSSR count). The largest absolute Gasteiger partial charge is 0.480 e. The van der Waals surface area contributed by atoms with Gasteiger partial charge >= 0.3 is 0 Å². The summed E-state index contributed by atoms with van der Waals surface area (Å²) in [7, 11) is -3.92. The number of aryl methyl sites for hydroxylation is 3. The molecule has 6 N–H and O–H groups in total. The van der Waals surface area contributed by atoms with Crippen molar-refractivity contribution in [1.29, 1.82) is 0 Å². The van der Waals surface area contributed by atoms with E-state index in [-0.39, 0.29) is 16.7 Å². The van der Waals surface area contributed by atoms with Gasteiger partial charge in [0, 0.05) is 11.4 Å². The topological polar surface area (TPSA) is 162 Å². The van der Waals surface area contributed by atoms with Gasteiger partial charge in [-0.25, -0.2) is 22.9 Å². The van der Waals surface area contributed by atoms with Crippen molar-refractivity contribution in [2.75, 3.05) is 10.6 Å². The number of hydrogen-bond donors (Lipinski definition) is 4. The summed E-state index contributed by atoms with van der Waals surface area (Å²) in [6.07, 6.45) is 0.179. The fourth-order valence-electron chi connectivity index (χ4n) is 3.21. The number of sulfonamides is 1. The molecular weight excluding hydrogens is 463 g/mol. The highest BCUT2D eigenvalue weighted by Crippen LogP contribution is 2.30. The molecule has 1 aromatic heterocycles. The summed E-state index contributed by atoms with van der Waals surface area (Å²) in [6.45, 7) is 6.74. The van der Waals surface area contributed by atoms with Gasteiger partial charge in [-0.15, -0.1) is 0 Å². The average molecular weight is 489 g/mol. The molecule has 1 amide bonds. The number of carbonyl (C=O) groups excluding carboxylic acids is 1. The summed E-state index contributed by atoms with van der Waals surface area (Å²) in [5.41, 5.74) is 8.06. The Hall–Kier alpha value is -3.77. The minimum atomic E-state index is -3.92. The maximum absolute atomic E-state index is 14.4. The van der Waals surface area contributed by atoms with Crippen LogP contribution in [0.4, 0.5) is 27.5 Å². The molecule has 1 heterocycles. The molecule has 2 aromatic carbocycles. The number of benzene rings is 2. The molecule has 0 bridgehead atoms. The maximum atomic E-state index is 14.4. The Kier molecular flexibility index (Phi) is 7.03. The fraction of sp³-hybridized carbons (Fsp3) is 0.227. The van der Waals surface area contributed by atoms with E-state index in [1.165, 1.54) is 6.07 Å². The highest BCUT2D eigenvalue weighted by atomic mass is 32.2. The first-order valence-corrected chi connectivity index (χ1v) is 11.7. The van der Waals surface area contributed by atoms with Gasteiger partial charge in [0.2, 0.25) is 16.0 Å². The number of carbonyl (C=O) groups is 1. The van der Waals surface area contributed by atoms with E-state index >= 15 is 0 Å². The normalized spacial score (nSPS) is 12.2. The number of nitrogens with two attached hydrogens (primary N) is 2. The predicted octanol–water partition coefficient (Wildman–Crippen LogP) is 2.93. The molecule has 1 unspecified atom stereocenters. The molecule has 3 aromatic rings. The van der Waals surface area contributed by atoms with Crippen molar-refractivity contribution in [2.45, 2.75) is 38.7 Å². The Bertz CT molecular complexity index is 1340. The summed E-state index contributed by atoms with van der Waals surface area (Å²) >= 11 is 0. The number of halogens is 1. The molecule has 0 saturated carbocycles. The maximum Gasteiger partial charge on any atom is 0.258 e. The third kappa shape index (κ3) is 5.77. The van der Waals surface area contributed by atoms with E-state index in [9.17, 15) is 17.6 Å². The summed E-state index contributed by atoms with van der Waals surface area (Å²) in [5, 5.41) is 11.0. The smallest absolute Gasteiger partial charge is 0.258 e. The quantitative estimate of drug-likeness (QED) is 0.376. The standard InChI is InChI=1S/C22H25FN6O4S/c1-11-5-6-15(9-18(11)34(25,31)32)28-22-26-10-17(23)21(29-22)27-16-7-12(2)19(13(3)8-16)33-14(4)20(24)30/h5-10,14H,1-4H3,(H2,24,30)(H2,25,31,32)(H2,26,27,28,29). The van der Waals surface area contributed by atoms with E-state index in [0.717, 1.165) is 6.20 Å². The summed E-state index contributed by atoms with van der Waals surface area (Å²) in [5.74, 6) is -0.843. The van der Waals surface area contributed by atoms with Crippen molar-refractivity contribution in [3.8, 4) is 5.75 Å². The number of hydrogen-bond acceptors (Lipinski definition) is 8. The van der Waals surface area contributed by atoms with Crippen LogP contribution in [0.25, 0.3) is 0 Å². The Morgan fingerprint density at radius 3 is 2.29 bits per heavy atom. The van der Waals surface area contributed by atoms with E-state index in [0.29, 0.717) is 33.8 Å². The highest BCUT2D eigenvalue weighted by Gasteiger charge is 2.16. The lowest BCUT2D eigenvalue weighted by Crippen LogP contribution is -2.31. The minimum absolute atomic E-state index is 0.0387. The summed E-state index contributed by atoms with van der Waals surface area (Å²) < 4.78 is 43.6. The lowest BCUT2D eigenvalue weighted by atomic mass is 10.1. The molecule has 1 atom stereocenters. The van der Waals surface area contributed by atoms with Crippen LogP contribution >= 0.6 is 0 Å². The Morgan fingerprint density at radius 1 is 1.06 bits per heavy atom. The fourth-order valence-corrected chi connectivity index (χ4v) is 4.02. The number of ether oxygens (including phenoxy) is 1. The molecule has 0 aliphatic heterocycles. The number of primary amides is 1. The van der Waals surface area contributed by atoms with Gasteiger partial charge in [-0.1, -0.05) is 6.07 Å². The zero-order valence-electron chi connectivity index (χ0n) is 19.0. The van der Waals surface area contributed by atoms with E-state index in [1.54, 1.807) is 52.0 Å². The van der Waals surface area contributed by atoms with Crippen LogP contribution in [0.3, 0.4) is 0 Å². The molecule has 34 heavy (non-hydrogen) atoms. The number of aromatic nitrogens is 2. The molecule has 0 fully saturated rings. The van der Waals surface area contributed by atoms with E-state index in [2.05, 4.69) is 20.6 Å². The van der Waals surface area contributed by atoms with Crippen molar-refractivity contribution in [1.82, 2.24) is 9.97 Å². The first-order valence-electron chi connectivity index (χ1n) is 10.1. The molecule has 180 valence electrons. The van der Waals surface area contributed by atoms with E-state index < -0.39 is 27.9 Å². The molecule has 0 radical (unpaired) electrons. The van der Waals surface area contributed by atoms with Gasteiger partial charge in [-0.2, -0.15) is 4.98 Å². The first-order chi connectivity index (χ1) is 15.8. The average Bonchev–Trinajstić information content (AvgIpc) is 2.73. The van der Waals surface area contributed by atoms with Crippen LogP contribution in [0.1, 0.15) is 23.6 Å². The summed E-state index contributed by atoms with van der Waals surface area (Å²) in [6, 6.07) is 7.98. The number of primary sulfonamides is 1. The minimum Gasteiger partial charge on any atom is -0.480 e. The Morgan fingerprint density at radius 2 is 1.71 bits per heavy atom. The van der Waals surface area contributed by atoms with Crippen LogP contribution in [0.2, 0.25) is 0 Å². The molecule has 0 spiro atoms. The number of rotatable bonds is 8. The molecule has 0 aliphatic rings. The molecule has 0 aliphatic carbocycles. The second-order valence-electron chi connectivity index (χ2n) is 7.77. The molecular formula is C22H25FN6O4S. The number of nitrogens with one attached hydrogen (secondary N) is 2. The number of nitrogens with zero attached hydrogens (tertiary/aromatic N) is 2. The van der Waals surface area contributed by atoms with E-state index in [1.807, 2.05) is 0 Å². The zero-order chi connectivity index (χ0) is 25.2. The van der Waals surface area contributed by atoms with Crippen LogP contribution in [-0.2, 0) is 14.8 Å². The third-order valence-electron chi connectivity index (χ3n) is 4.91. The van der Waals surface area contributed by atoms with Crippen molar-refractivity contribution in [3.05, 3.63) is 59.0 Å². The third-order valence-corrected chi connectivity index (χ3v) is 5.97. The first kappa shape index (κ1) is 24.9. The zero-order valence-corrected chi connectivity index (χ0v) is 19.8. The van der Waals surface area contributed by atoms with Gasteiger partial charge < -0.3 is 21.1 Å². The van der Waals surface area contributed by atoms with Crippen molar-refractivity contribution in [3.63, 3.8) is 0 Å². The SMILES string of the molecule is Cc1ccc(Nc2ncc(F)c(Nc3cc(C)c(OC(C)C(N)=O)c(C)c3)n2)cc1S(N)(=O)=O. The van der Waals surface area contributed by atoms with Crippen molar-refractivity contribution < 1.29 is 22.3 Å². The van der Waals surface area contributed by atoms with Crippen LogP contribution < -0.4 is 26.2 Å². The van der Waals surface area contributed by atoms with Gasteiger partial charge in [0.15, 0.2) is 17.7 Å². The number of amides is 1. The van der Waals surface area contributed by atoms with Crippen molar-refractivity contribution >= 4 is 39.1 Å². The van der Waals surface area contributed by atoms with Gasteiger partial charge in [0.1, 0.15) is 5.75 Å². The van der Waals surface area contributed by atoms with Gasteiger partial charge in [-0.05, 0) is 68.7 Å². The van der Waals surface area contributed by atoms with Crippen LogP contribution in [0.5, 0.6) is 5.75 Å². The highest BCUT2D eigenvalue weighted by molar-refractivity contribution is 7.89. The van der Waals surface area contributed by atoms with Gasteiger partial charge in [-0.3, -0.25) is 4.79 Å². The van der Waals surface area contributed by atoms with Gasteiger partial charge in [0.05, 0.1) is 11.1 Å². The predicted molar refractivity (Wildman–Crippen MR) is 126 cm³/mol. The monoisotopic (exact) mass is 488 g/mol. The van der Waals surface area contributed by atoms with E-state index in [4.69, 9.17) is 15.6 Å². The Labute approximate surface area is 196 Å². The number of anilines is 4. The Balaban J connectivity index is 1.86. The lowest BCUT2D eigenvalue weighted by Gasteiger charge is -2.18. The van der Waals surface area contributed by atoms with Gasteiger partial charge in [0.25, 0.3) is 5.91 Å². The van der Waals surface area contributed by atoms with Crippen LogP contribution in [-0.4, -0.2) is 30.4 Å². The second kappa shape index (κ2) is 9.61. The van der Waals surface area contributed by atoms with Crippen LogP contribution in [0, 0.1) is 26.6 Å². The molecule has 10 nitrogen and oxygen atoms in total. The lowest BCUT2D eigenvalue weighted by molar-refractivity contribution is -0.124. The second-order valence-corrected chi connectivity index (χ2v) is 9.30. The van der Waals surface area contributed by atoms with Crippen molar-refractivity contribution in [2.24, 2.45) is 10.9 Å². The van der Waals surface area contributed by atoms with Crippen LogP contribution in [0.15, 0.2) is 41.4 Å². The molecule has 12 heteroatoms. The summed E-state index contributed by atoms with van der Waals surface area (Å²) in [4.78, 5) is 19.3.